The first kappa shape index (κ1) is 13.8. The Balaban J connectivity index is 1.91. The Bertz CT molecular complexity index is 370. The summed E-state index contributed by atoms with van der Waals surface area (Å²) in [5.41, 5.74) is 0. The van der Waals surface area contributed by atoms with Gasteiger partial charge in [0.15, 0.2) is 0 Å². The van der Waals surface area contributed by atoms with Gasteiger partial charge in [0.05, 0.1) is 13.1 Å². The third kappa shape index (κ3) is 3.94. The summed E-state index contributed by atoms with van der Waals surface area (Å²) in [7, 11) is 0. The van der Waals surface area contributed by atoms with Crippen molar-refractivity contribution >= 4 is 17.7 Å². The molecule has 2 fully saturated rings. The molecule has 0 atom stereocenters. The molecule has 19 heavy (non-hydrogen) atoms. The van der Waals surface area contributed by atoms with Crippen LogP contribution in [0, 0.1) is 0 Å². The quantitative estimate of drug-likeness (QED) is 0.749. The number of nitrogens with one attached hydrogen (secondary N) is 1. The second kappa shape index (κ2) is 6.54. The van der Waals surface area contributed by atoms with Crippen LogP contribution in [-0.2, 0) is 14.4 Å². The Morgan fingerprint density at radius 3 is 2.79 bits per heavy atom. The number of carbonyl (C=O) groups excluding carboxylic acids is 3. The molecule has 2 aliphatic rings. The number of hydrogen-bond donors (Lipinski definition) is 1. The molecule has 0 bridgehead atoms. The standard InChI is InChI=1S/C13H21N3O3/c17-11-9-15(8-4-6-14-11)13(19)10-16-7-3-1-2-5-12(16)18/h1-10H2,(H,14,17). The topological polar surface area (TPSA) is 69.7 Å². The van der Waals surface area contributed by atoms with Crippen molar-refractivity contribution in [3.63, 3.8) is 0 Å². The Hall–Kier alpha value is -1.59. The van der Waals surface area contributed by atoms with Crippen LogP contribution in [0.2, 0.25) is 0 Å². The summed E-state index contributed by atoms with van der Waals surface area (Å²) in [5, 5.41) is 2.74. The smallest absolute Gasteiger partial charge is 0.242 e. The van der Waals surface area contributed by atoms with Crippen molar-refractivity contribution in [1.29, 1.82) is 0 Å². The summed E-state index contributed by atoms with van der Waals surface area (Å²) in [6.45, 7) is 2.09. The zero-order chi connectivity index (χ0) is 13.7. The average Bonchev–Trinajstić information content (AvgIpc) is 2.71. The van der Waals surface area contributed by atoms with Crippen molar-refractivity contribution < 1.29 is 14.4 Å². The van der Waals surface area contributed by atoms with Crippen molar-refractivity contribution in [1.82, 2.24) is 15.1 Å². The monoisotopic (exact) mass is 267 g/mol. The molecule has 2 heterocycles. The van der Waals surface area contributed by atoms with Gasteiger partial charge in [-0.2, -0.15) is 0 Å². The highest BCUT2D eigenvalue weighted by molar-refractivity contribution is 5.88. The molecule has 6 heteroatoms. The van der Waals surface area contributed by atoms with Gasteiger partial charge in [-0.3, -0.25) is 14.4 Å². The van der Waals surface area contributed by atoms with E-state index in [4.69, 9.17) is 0 Å². The van der Waals surface area contributed by atoms with Gasteiger partial charge in [-0.05, 0) is 19.3 Å². The number of likely N-dealkylation sites (tertiary alicyclic amines) is 1. The fourth-order valence-electron chi connectivity index (χ4n) is 2.49. The maximum atomic E-state index is 12.2. The summed E-state index contributed by atoms with van der Waals surface area (Å²) in [6, 6.07) is 0. The fraction of sp³-hybridized carbons (Fsp3) is 0.769. The maximum absolute atomic E-state index is 12.2. The molecule has 2 aliphatic heterocycles. The molecule has 0 aliphatic carbocycles. The summed E-state index contributed by atoms with van der Waals surface area (Å²) in [6.07, 6.45) is 4.22. The van der Waals surface area contributed by atoms with Crippen LogP contribution in [0.4, 0.5) is 0 Å². The molecular formula is C13H21N3O3. The second-order valence-electron chi connectivity index (χ2n) is 5.14. The minimum absolute atomic E-state index is 0.0603. The second-order valence-corrected chi connectivity index (χ2v) is 5.14. The van der Waals surface area contributed by atoms with E-state index in [1.54, 1.807) is 9.80 Å². The van der Waals surface area contributed by atoms with Gasteiger partial charge < -0.3 is 15.1 Å². The molecule has 1 N–H and O–H groups in total. The highest BCUT2D eigenvalue weighted by Gasteiger charge is 2.24. The Labute approximate surface area is 113 Å². The molecule has 3 amide bonds. The van der Waals surface area contributed by atoms with Gasteiger partial charge in [-0.15, -0.1) is 0 Å². The number of hydrogen-bond acceptors (Lipinski definition) is 3. The first-order valence-corrected chi connectivity index (χ1v) is 6.99. The third-order valence-electron chi connectivity index (χ3n) is 3.61. The molecule has 106 valence electrons. The van der Waals surface area contributed by atoms with Crippen LogP contribution in [0.5, 0.6) is 0 Å². The lowest BCUT2D eigenvalue weighted by Crippen LogP contribution is -2.45. The van der Waals surface area contributed by atoms with Gasteiger partial charge in [0.1, 0.15) is 0 Å². The highest BCUT2D eigenvalue weighted by atomic mass is 16.2. The van der Waals surface area contributed by atoms with Crippen LogP contribution in [0.1, 0.15) is 32.1 Å². The molecule has 0 aromatic rings. The van der Waals surface area contributed by atoms with E-state index in [1.165, 1.54) is 0 Å². The predicted octanol–water partition coefficient (Wildman–Crippen LogP) is -0.262. The average molecular weight is 267 g/mol. The summed E-state index contributed by atoms with van der Waals surface area (Å²) in [5.74, 6) is -0.175. The van der Waals surface area contributed by atoms with Crippen molar-refractivity contribution in [3.8, 4) is 0 Å². The van der Waals surface area contributed by atoms with Crippen LogP contribution < -0.4 is 5.32 Å². The molecule has 2 saturated heterocycles. The number of nitrogens with zero attached hydrogens (tertiary/aromatic N) is 2. The van der Waals surface area contributed by atoms with Crippen LogP contribution in [0.15, 0.2) is 0 Å². The normalized spacial score (nSPS) is 21.7. The Morgan fingerprint density at radius 2 is 1.95 bits per heavy atom. The van der Waals surface area contributed by atoms with Crippen LogP contribution in [-0.4, -0.2) is 60.2 Å². The zero-order valence-electron chi connectivity index (χ0n) is 11.2. The lowest BCUT2D eigenvalue weighted by molar-refractivity contribution is -0.141. The van der Waals surface area contributed by atoms with E-state index in [1.807, 2.05) is 0 Å². The van der Waals surface area contributed by atoms with E-state index in [-0.39, 0.29) is 30.8 Å². The largest absolute Gasteiger partial charge is 0.354 e. The van der Waals surface area contributed by atoms with Crippen LogP contribution in [0.25, 0.3) is 0 Å². The van der Waals surface area contributed by atoms with Gasteiger partial charge in [0, 0.05) is 26.1 Å². The summed E-state index contributed by atoms with van der Waals surface area (Å²) >= 11 is 0. The molecule has 0 unspecified atom stereocenters. The SMILES string of the molecule is O=C1CN(C(=O)CN2CCCCCC2=O)CCCN1. The van der Waals surface area contributed by atoms with Gasteiger partial charge in [0.25, 0.3) is 0 Å². The molecule has 0 aromatic carbocycles. The number of carbonyl (C=O) groups is 3. The predicted molar refractivity (Wildman–Crippen MR) is 69.3 cm³/mol. The van der Waals surface area contributed by atoms with E-state index < -0.39 is 0 Å². The van der Waals surface area contributed by atoms with E-state index in [0.29, 0.717) is 26.1 Å². The maximum Gasteiger partial charge on any atom is 0.242 e. The highest BCUT2D eigenvalue weighted by Crippen LogP contribution is 2.11. The van der Waals surface area contributed by atoms with E-state index in [2.05, 4.69) is 5.32 Å². The van der Waals surface area contributed by atoms with Crippen LogP contribution >= 0.6 is 0 Å². The summed E-state index contributed by atoms with van der Waals surface area (Å²) < 4.78 is 0. The van der Waals surface area contributed by atoms with Crippen molar-refractivity contribution in [3.05, 3.63) is 0 Å². The number of rotatable bonds is 2. The van der Waals surface area contributed by atoms with E-state index in [0.717, 1.165) is 25.7 Å². The molecule has 0 aromatic heterocycles. The van der Waals surface area contributed by atoms with Crippen LogP contribution in [0.3, 0.4) is 0 Å². The van der Waals surface area contributed by atoms with Gasteiger partial charge >= 0.3 is 0 Å². The molecular weight excluding hydrogens is 246 g/mol. The Morgan fingerprint density at radius 1 is 1.11 bits per heavy atom. The van der Waals surface area contributed by atoms with Gasteiger partial charge in [-0.25, -0.2) is 0 Å². The molecule has 0 radical (unpaired) electrons. The lowest BCUT2D eigenvalue weighted by atomic mass is 10.2. The molecule has 0 saturated carbocycles. The zero-order valence-corrected chi connectivity index (χ0v) is 11.2. The lowest BCUT2D eigenvalue weighted by Gasteiger charge is -2.25. The molecule has 2 rings (SSSR count). The van der Waals surface area contributed by atoms with Gasteiger partial charge in [-0.1, -0.05) is 6.42 Å². The molecule has 0 spiro atoms. The van der Waals surface area contributed by atoms with E-state index >= 15 is 0 Å². The first-order chi connectivity index (χ1) is 9.16. The molecule has 6 nitrogen and oxygen atoms in total. The first-order valence-electron chi connectivity index (χ1n) is 6.99. The third-order valence-corrected chi connectivity index (χ3v) is 3.61. The number of amides is 3. The summed E-state index contributed by atoms with van der Waals surface area (Å²) in [4.78, 5) is 38.6. The minimum atomic E-state index is -0.118. The Kier molecular flexibility index (Phi) is 4.76. The van der Waals surface area contributed by atoms with Crippen molar-refractivity contribution in [2.75, 3.05) is 32.7 Å². The van der Waals surface area contributed by atoms with Crippen molar-refractivity contribution in [2.24, 2.45) is 0 Å². The van der Waals surface area contributed by atoms with Gasteiger partial charge in [0.2, 0.25) is 17.7 Å². The fourth-order valence-corrected chi connectivity index (χ4v) is 2.49. The van der Waals surface area contributed by atoms with Crippen molar-refractivity contribution in [2.45, 2.75) is 32.1 Å². The van der Waals surface area contributed by atoms with E-state index in [9.17, 15) is 14.4 Å². The minimum Gasteiger partial charge on any atom is -0.354 e.